The SMILES string of the molecule is CNc1sc2c(c1C(N)=O)CC/C(=N/OC)C2. The number of carbonyl (C=O) groups is 1. The maximum absolute atomic E-state index is 11.5. The summed E-state index contributed by atoms with van der Waals surface area (Å²) in [5.41, 5.74) is 8.15. The van der Waals surface area contributed by atoms with Gasteiger partial charge in [0.2, 0.25) is 0 Å². The number of primary amides is 1. The molecule has 0 unspecified atom stereocenters. The van der Waals surface area contributed by atoms with Crippen LogP contribution in [0.25, 0.3) is 0 Å². The van der Waals surface area contributed by atoms with Crippen LogP contribution in [-0.2, 0) is 17.7 Å². The molecule has 0 saturated heterocycles. The van der Waals surface area contributed by atoms with Crippen LogP contribution in [0.15, 0.2) is 5.16 Å². The van der Waals surface area contributed by atoms with E-state index in [4.69, 9.17) is 10.6 Å². The van der Waals surface area contributed by atoms with Gasteiger partial charge in [0.1, 0.15) is 12.1 Å². The largest absolute Gasteiger partial charge is 0.399 e. The van der Waals surface area contributed by atoms with Crippen molar-refractivity contribution < 1.29 is 9.63 Å². The molecule has 0 fully saturated rings. The van der Waals surface area contributed by atoms with Gasteiger partial charge in [-0.05, 0) is 18.4 Å². The summed E-state index contributed by atoms with van der Waals surface area (Å²) >= 11 is 1.57. The molecule has 17 heavy (non-hydrogen) atoms. The Bertz CT molecular complexity index is 479. The van der Waals surface area contributed by atoms with Gasteiger partial charge in [-0.2, -0.15) is 0 Å². The van der Waals surface area contributed by atoms with Crippen LogP contribution in [0.5, 0.6) is 0 Å². The predicted octanol–water partition coefficient (Wildman–Crippen LogP) is 1.38. The summed E-state index contributed by atoms with van der Waals surface area (Å²) in [6, 6.07) is 0. The highest BCUT2D eigenvalue weighted by Crippen LogP contribution is 2.36. The van der Waals surface area contributed by atoms with E-state index in [0.29, 0.717) is 5.56 Å². The second kappa shape index (κ2) is 4.75. The highest BCUT2D eigenvalue weighted by Gasteiger charge is 2.25. The van der Waals surface area contributed by atoms with Gasteiger partial charge in [-0.3, -0.25) is 4.79 Å². The van der Waals surface area contributed by atoms with Crippen molar-refractivity contribution in [1.82, 2.24) is 0 Å². The van der Waals surface area contributed by atoms with E-state index >= 15 is 0 Å². The number of rotatable bonds is 3. The number of amides is 1. The van der Waals surface area contributed by atoms with Crippen LogP contribution in [0.2, 0.25) is 0 Å². The number of nitrogens with two attached hydrogens (primary N) is 1. The summed E-state index contributed by atoms with van der Waals surface area (Å²) in [5.74, 6) is -0.362. The zero-order valence-corrected chi connectivity index (χ0v) is 10.7. The molecule has 1 aromatic rings. The Morgan fingerprint density at radius 2 is 2.29 bits per heavy atom. The van der Waals surface area contributed by atoms with Crippen molar-refractivity contribution in [2.75, 3.05) is 19.5 Å². The molecule has 1 amide bonds. The van der Waals surface area contributed by atoms with Crippen LogP contribution >= 0.6 is 11.3 Å². The lowest BCUT2D eigenvalue weighted by atomic mass is 9.94. The van der Waals surface area contributed by atoms with Crippen molar-refractivity contribution in [3.63, 3.8) is 0 Å². The van der Waals surface area contributed by atoms with Gasteiger partial charge < -0.3 is 15.9 Å². The van der Waals surface area contributed by atoms with E-state index in [0.717, 1.165) is 40.4 Å². The molecule has 0 saturated carbocycles. The molecule has 0 radical (unpaired) electrons. The molecule has 0 bridgehead atoms. The van der Waals surface area contributed by atoms with Gasteiger partial charge >= 0.3 is 0 Å². The first-order valence-corrected chi connectivity index (χ1v) is 6.20. The minimum atomic E-state index is -0.362. The lowest BCUT2D eigenvalue weighted by Crippen LogP contribution is -2.18. The fraction of sp³-hybridized carbons (Fsp3) is 0.455. The molecule has 1 aliphatic rings. The molecule has 3 N–H and O–H groups in total. The Morgan fingerprint density at radius 1 is 1.53 bits per heavy atom. The summed E-state index contributed by atoms with van der Waals surface area (Å²) in [5, 5.41) is 7.85. The summed E-state index contributed by atoms with van der Waals surface area (Å²) in [4.78, 5) is 17.4. The van der Waals surface area contributed by atoms with E-state index in [1.54, 1.807) is 25.5 Å². The van der Waals surface area contributed by atoms with Crippen LogP contribution in [0.4, 0.5) is 5.00 Å². The highest BCUT2D eigenvalue weighted by atomic mass is 32.1. The average Bonchev–Trinajstić information content (AvgIpc) is 2.67. The van der Waals surface area contributed by atoms with Gasteiger partial charge in [-0.25, -0.2) is 0 Å². The second-order valence-electron chi connectivity index (χ2n) is 3.84. The maximum Gasteiger partial charge on any atom is 0.251 e. The van der Waals surface area contributed by atoms with E-state index in [1.807, 2.05) is 0 Å². The van der Waals surface area contributed by atoms with E-state index < -0.39 is 0 Å². The third-order valence-electron chi connectivity index (χ3n) is 2.81. The molecule has 0 spiro atoms. The van der Waals surface area contributed by atoms with Gasteiger partial charge in [0.25, 0.3) is 5.91 Å². The summed E-state index contributed by atoms with van der Waals surface area (Å²) in [6.07, 6.45) is 2.37. The Labute approximate surface area is 104 Å². The van der Waals surface area contributed by atoms with Crippen molar-refractivity contribution in [1.29, 1.82) is 0 Å². The molecule has 92 valence electrons. The van der Waals surface area contributed by atoms with Gasteiger partial charge in [-0.1, -0.05) is 5.16 Å². The molecule has 6 heteroatoms. The molecule has 1 heterocycles. The number of hydrogen-bond acceptors (Lipinski definition) is 5. The summed E-state index contributed by atoms with van der Waals surface area (Å²) in [6.45, 7) is 0. The second-order valence-corrected chi connectivity index (χ2v) is 4.94. The van der Waals surface area contributed by atoms with Crippen LogP contribution in [0.1, 0.15) is 27.2 Å². The third kappa shape index (κ3) is 2.12. The molecule has 1 aliphatic carbocycles. The van der Waals surface area contributed by atoms with Gasteiger partial charge in [0, 0.05) is 18.3 Å². The van der Waals surface area contributed by atoms with Crippen LogP contribution in [-0.4, -0.2) is 25.8 Å². The van der Waals surface area contributed by atoms with Gasteiger partial charge in [0.05, 0.1) is 11.3 Å². The van der Waals surface area contributed by atoms with E-state index in [2.05, 4.69) is 10.5 Å². The topological polar surface area (TPSA) is 76.7 Å². The number of nitrogens with one attached hydrogen (secondary N) is 1. The van der Waals surface area contributed by atoms with E-state index in [9.17, 15) is 4.79 Å². The first-order valence-electron chi connectivity index (χ1n) is 5.38. The number of carbonyl (C=O) groups excluding carboxylic acids is 1. The number of fused-ring (bicyclic) bond motifs is 1. The third-order valence-corrected chi connectivity index (χ3v) is 4.06. The lowest BCUT2D eigenvalue weighted by Gasteiger charge is -2.13. The maximum atomic E-state index is 11.5. The molecule has 0 atom stereocenters. The van der Waals surface area contributed by atoms with E-state index in [-0.39, 0.29) is 5.91 Å². The molecule has 0 aromatic carbocycles. The van der Waals surface area contributed by atoms with Crippen molar-refractivity contribution in [2.24, 2.45) is 10.9 Å². The molecule has 0 aliphatic heterocycles. The molecule has 5 nitrogen and oxygen atoms in total. The molecular formula is C11H15N3O2S. The fourth-order valence-electron chi connectivity index (χ4n) is 2.11. The summed E-state index contributed by atoms with van der Waals surface area (Å²) in [7, 11) is 3.35. The monoisotopic (exact) mass is 253 g/mol. The Morgan fingerprint density at radius 3 is 2.88 bits per heavy atom. The number of anilines is 1. The lowest BCUT2D eigenvalue weighted by molar-refractivity contribution is 0.100. The van der Waals surface area contributed by atoms with Crippen LogP contribution < -0.4 is 11.1 Å². The standard InChI is InChI=1S/C11H15N3O2S/c1-13-11-9(10(12)15)7-4-3-6(14-16-2)5-8(7)17-11/h13H,3-5H2,1-2H3,(H2,12,15)/b14-6-. The summed E-state index contributed by atoms with van der Waals surface area (Å²) < 4.78 is 0. The van der Waals surface area contributed by atoms with Crippen molar-refractivity contribution in [2.45, 2.75) is 19.3 Å². The predicted molar refractivity (Wildman–Crippen MR) is 68.9 cm³/mol. The minimum Gasteiger partial charge on any atom is -0.399 e. The van der Waals surface area contributed by atoms with Crippen molar-refractivity contribution in [3.05, 3.63) is 16.0 Å². The molecule has 1 aromatic heterocycles. The first-order chi connectivity index (χ1) is 8.17. The minimum absolute atomic E-state index is 0.362. The van der Waals surface area contributed by atoms with Crippen molar-refractivity contribution >= 4 is 28.0 Å². The highest BCUT2D eigenvalue weighted by molar-refractivity contribution is 7.16. The van der Waals surface area contributed by atoms with Crippen LogP contribution in [0, 0.1) is 0 Å². The molecular weight excluding hydrogens is 238 g/mol. The Balaban J connectivity index is 2.41. The number of hydrogen-bond donors (Lipinski definition) is 2. The Kier molecular flexibility index (Phi) is 3.33. The van der Waals surface area contributed by atoms with Crippen molar-refractivity contribution in [3.8, 4) is 0 Å². The number of nitrogens with zero attached hydrogens (tertiary/aromatic N) is 1. The first kappa shape index (κ1) is 11.9. The normalized spacial score (nSPS) is 16.7. The number of thiophene rings is 1. The Hall–Kier alpha value is -1.56. The smallest absolute Gasteiger partial charge is 0.251 e. The molecule has 2 rings (SSSR count). The quantitative estimate of drug-likeness (QED) is 0.799. The van der Waals surface area contributed by atoms with Gasteiger partial charge in [0.15, 0.2) is 0 Å². The number of oxime groups is 1. The van der Waals surface area contributed by atoms with E-state index in [1.165, 1.54) is 0 Å². The van der Waals surface area contributed by atoms with Gasteiger partial charge in [-0.15, -0.1) is 11.3 Å². The zero-order valence-electron chi connectivity index (χ0n) is 9.87. The average molecular weight is 253 g/mol. The van der Waals surface area contributed by atoms with Crippen LogP contribution in [0.3, 0.4) is 0 Å². The zero-order chi connectivity index (χ0) is 12.4. The fourth-order valence-corrected chi connectivity index (χ4v) is 3.35.